The van der Waals surface area contributed by atoms with Crippen LogP contribution in [0.3, 0.4) is 0 Å². The Hall–Kier alpha value is -0.220. The number of hydrogen-bond acceptors (Lipinski definition) is 3. The van der Waals surface area contributed by atoms with Crippen LogP contribution in [0.5, 0.6) is 0 Å². The smallest absolute Gasteiger partial charge is 0.311 e. The summed E-state index contributed by atoms with van der Waals surface area (Å²) in [4.78, 5) is 10.8. The quantitative estimate of drug-likeness (QED) is 0.610. The summed E-state index contributed by atoms with van der Waals surface area (Å²) < 4.78 is 0. The van der Waals surface area contributed by atoms with Crippen molar-refractivity contribution in [2.45, 2.75) is 19.4 Å². The average molecular weight is 175 g/mol. The lowest BCUT2D eigenvalue weighted by Crippen LogP contribution is -2.49. The molecule has 0 amide bonds. The summed E-state index contributed by atoms with van der Waals surface area (Å²) in [5, 5.41) is 8.87. The normalized spacial score (nSPS) is 38.5. The van der Waals surface area contributed by atoms with Gasteiger partial charge in [-0.05, 0) is 19.1 Å². The Balaban J connectivity index is 2.72. The molecule has 0 bridgehead atoms. The van der Waals surface area contributed by atoms with Gasteiger partial charge in [0.15, 0.2) is 0 Å². The number of rotatable bonds is 1. The van der Waals surface area contributed by atoms with E-state index in [1.807, 2.05) is 0 Å². The van der Waals surface area contributed by atoms with Crippen molar-refractivity contribution in [1.82, 2.24) is 0 Å². The monoisotopic (exact) mass is 175 g/mol. The molecule has 1 saturated heterocycles. The van der Waals surface area contributed by atoms with E-state index in [0.717, 1.165) is 12.2 Å². The minimum absolute atomic E-state index is 0.179. The molecule has 2 unspecified atom stereocenters. The van der Waals surface area contributed by atoms with Gasteiger partial charge in [0.05, 0.1) is 5.41 Å². The van der Waals surface area contributed by atoms with E-state index < -0.39 is 11.4 Å². The van der Waals surface area contributed by atoms with Crippen LogP contribution in [0.15, 0.2) is 0 Å². The van der Waals surface area contributed by atoms with E-state index in [1.54, 1.807) is 18.7 Å². The van der Waals surface area contributed by atoms with E-state index in [0.29, 0.717) is 5.75 Å². The van der Waals surface area contributed by atoms with Crippen molar-refractivity contribution < 1.29 is 9.90 Å². The Morgan fingerprint density at radius 1 is 1.82 bits per heavy atom. The molecule has 0 saturated carbocycles. The van der Waals surface area contributed by atoms with Crippen molar-refractivity contribution in [2.75, 3.05) is 11.5 Å². The van der Waals surface area contributed by atoms with Crippen LogP contribution in [0, 0.1) is 5.41 Å². The van der Waals surface area contributed by atoms with Crippen molar-refractivity contribution in [3.63, 3.8) is 0 Å². The van der Waals surface area contributed by atoms with E-state index in [1.165, 1.54) is 0 Å². The maximum Gasteiger partial charge on any atom is 0.311 e. The van der Waals surface area contributed by atoms with Gasteiger partial charge in [-0.1, -0.05) is 0 Å². The maximum atomic E-state index is 10.8. The summed E-state index contributed by atoms with van der Waals surface area (Å²) in [6.07, 6.45) is 0.813. The highest BCUT2D eigenvalue weighted by molar-refractivity contribution is 7.99. The van der Waals surface area contributed by atoms with Crippen LogP contribution in [0.2, 0.25) is 0 Å². The fourth-order valence-corrected chi connectivity index (χ4v) is 2.47. The topological polar surface area (TPSA) is 63.3 Å². The number of nitrogens with two attached hydrogens (primary N) is 1. The lowest BCUT2D eigenvalue weighted by atomic mass is 9.83. The molecule has 1 fully saturated rings. The van der Waals surface area contributed by atoms with Gasteiger partial charge in [0.25, 0.3) is 0 Å². The summed E-state index contributed by atoms with van der Waals surface area (Å²) in [5.74, 6) is 0.866. The third-order valence-electron chi connectivity index (χ3n) is 2.28. The number of carboxylic acids is 1. The number of aliphatic carboxylic acids is 1. The fraction of sp³-hybridized carbons (Fsp3) is 0.857. The Kier molecular flexibility index (Phi) is 2.44. The molecule has 3 N–H and O–H groups in total. The Morgan fingerprint density at radius 2 is 2.45 bits per heavy atom. The second kappa shape index (κ2) is 3.03. The van der Waals surface area contributed by atoms with Crippen LogP contribution >= 0.6 is 11.8 Å². The fourth-order valence-electron chi connectivity index (χ4n) is 1.14. The molecule has 0 aromatic carbocycles. The zero-order chi connectivity index (χ0) is 8.48. The number of thioether (sulfide) groups is 1. The minimum atomic E-state index is -0.766. The highest BCUT2D eigenvalue weighted by atomic mass is 32.2. The Morgan fingerprint density at radius 3 is 2.82 bits per heavy atom. The largest absolute Gasteiger partial charge is 0.481 e. The molecule has 0 aromatic rings. The molecule has 1 rings (SSSR count). The second-order valence-corrected chi connectivity index (χ2v) is 4.28. The van der Waals surface area contributed by atoms with Crippen LogP contribution in [-0.2, 0) is 4.79 Å². The number of hydrogen-bond donors (Lipinski definition) is 2. The molecule has 0 spiro atoms. The first-order chi connectivity index (χ1) is 5.07. The van der Waals surface area contributed by atoms with Gasteiger partial charge in [0.2, 0.25) is 0 Å². The first-order valence-electron chi connectivity index (χ1n) is 3.64. The number of carboxylic acid groups (broad SMARTS) is 1. The molecular formula is C7H13NO2S. The zero-order valence-electron chi connectivity index (χ0n) is 6.54. The molecule has 3 nitrogen and oxygen atoms in total. The van der Waals surface area contributed by atoms with Crippen LogP contribution in [0.1, 0.15) is 13.3 Å². The third kappa shape index (κ3) is 1.51. The molecule has 1 aliphatic heterocycles. The van der Waals surface area contributed by atoms with Gasteiger partial charge in [0, 0.05) is 11.8 Å². The van der Waals surface area contributed by atoms with Gasteiger partial charge in [-0.25, -0.2) is 0 Å². The van der Waals surface area contributed by atoms with Gasteiger partial charge < -0.3 is 10.8 Å². The van der Waals surface area contributed by atoms with Crippen molar-refractivity contribution in [3.05, 3.63) is 0 Å². The summed E-state index contributed by atoms with van der Waals surface area (Å²) in [7, 11) is 0. The Labute approximate surface area is 70.3 Å². The average Bonchev–Trinajstić information content (AvgIpc) is 1.95. The summed E-state index contributed by atoms with van der Waals surface area (Å²) in [5.41, 5.74) is 5.01. The van der Waals surface area contributed by atoms with Crippen molar-refractivity contribution in [1.29, 1.82) is 0 Å². The first-order valence-corrected chi connectivity index (χ1v) is 4.79. The summed E-state index contributed by atoms with van der Waals surface area (Å²) >= 11 is 1.67. The molecule has 64 valence electrons. The maximum absolute atomic E-state index is 10.8. The van der Waals surface area contributed by atoms with Gasteiger partial charge in [0.1, 0.15) is 0 Å². The minimum Gasteiger partial charge on any atom is -0.481 e. The Bertz CT molecular complexity index is 174. The lowest BCUT2D eigenvalue weighted by molar-refractivity contribution is -0.147. The predicted octanol–water partition coefficient (Wildman–Crippen LogP) is 0.541. The molecule has 0 aliphatic carbocycles. The lowest BCUT2D eigenvalue weighted by Gasteiger charge is -2.34. The SMILES string of the molecule is CC1(C(=O)O)CSCCC1N. The molecule has 1 aliphatic rings. The highest BCUT2D eigenvalue weighted by Crippen LogP contribution is 2.33. The molecular weight excluding hydrogens is 162 g/mol. The van der Waals surface area contributed by atoms with Gasteiger partial charge >= 0.3 is 5.97 Å². The van der Waals surface area contributed by atoms with E-state index >= 15 is 0 Å². The summed E-state index contributed by atoms with van der Waals surface area (Å²) in [6, 6.07) is -0.179. The highest BCUT2D eigenvalue weighted by Gasteiger charge is 2.41. The third-order valence-corrected chi connectivity index (χ3v) is 3.61. The molecule has 2 atom stereocenters. The van der Waals surface area contributed by atoms with Crippen LogP contribution in [-0.4, -0.2) is 28.6 Å². The predicted molar refractivity (Wildman–Crippen MR) is 45.7 cm³/mol. The van der Waals surface area contributed by atoms with Crippen molar-refractivity contribution in [2.24, 2.45) is 11.1 Å². The second-order valence-electron chi connectivity index (χ2n) is 3.17. The summed E-state index contributed by atoms with van der Waals surface area (Å²) in [6.45, 7) is 1.73. The van der Waals surface area contributed by atoms with Crippen molar-refractivity contribution >= 4 is 17.7 Å². The van der Waals surface area contributed by atoms with E-state index in [-0.39, 0.29) is 6.04 Å². The molecule has 0 aromatic heterocycles. The molecule has 1 heterocycles. The van der Waals surface area contributed by atoms with Crippen LogP contribution in [0.25, 0.3) is 0 Å². The van der Waals surface area contributed by atoms with E-state index in [2.05, 4.69) is 0 Å². The van der Waals surface area contributed by atoms with E-state index in [4.69, 9.17) is 10.8 Å². The standard InChI is InChI=1S/C7H13NO2S/c1-7(6(9)10)4-11-3-2-5(7)8/h5H,2-4,8H2,1H3,(H,9,10). The molecule has 11 heavy (non-hydrogen) atoms. The van der Waals surface area contributed by atoms with Gasteiger partial charge in [-0.15, -0.1) is 0 Å². The van der Waals surface area contributed by atoms with Gasteiger partial charge in [-0.3, -0.25) is 4.79 Å². The zero-order valence-corrected chi connectivity index (χ0v) is 7.36. The van der Waals surface area contributed by atoms with Crippen LogP contribution in [0.4, 0.5) is 0 Å². The first kappa shape index (κ1) is 8.87. The van der Waals surface area contributed by atoms with Gasteiger partial charge in [-0.2, -0.15) is 11.8 Å². The number of carbonyl (C=O) groups is 1. The molecule has 4 heteroatoms. The van der Waals surface area contributed by atoms with E-state index in [9.17, 15) is 4.79 Å². The van der Waals surface area contributed by atoms with Crippen molar-refractivity contribution in [3.8, 4) is 0 Å². The van der Waals surface area contributed by atoms with Crippen LogP contribution < -0.4 is 5.73 Å². The molecule has 0 radical (unpaired) electrons.